The van der Waals surface area contributed by atoms with E-state index in [9.17, 15) is 13.2 Å². The third-order valence-electron chi connectivity index (χ3n) is 1.53. The van der Waals surface area contributed by atoms with Crippen LogP contribution in [0.2, 0.25) is 0 Å². The van der Waals surface area contributed by atoms with Crippen LogP contribution in [0, 0.1) is 6.07 Å². The van der Waals surface area contributed by atoms with Gasteiger partial charge in [0.15, 0.2) is 11.5 Å². The summed E-state index contributed by atoms with van der Waals surface area (Å²) in [6.07, 6.45) is -6.69. The Hall–Kier alpha value is -1.39. The van der Waals surface area contributed by atoms with E-state index in [1.54, 1.807) is 0 Å². The van der Waals surface area contributed by atoms with Gasteiger partial charge in [-0.25, -0.2) is 0 Å². The molecule has 1 atom stereocenters. The van der Waals surface area contributed by atoms with Crippen molar-refractivity contribution in [3.8, 4) is 11.5 Å². The quantitative estimate of drug-likeness (QED) is 0.622. The van der Waals surface area contributed by atoms with E-state index in [0.717, 1.165) is 0 Å². The summed E-state index contributed by atoms with van der Waals surface area (Å²) in [6, 6.07) is 6.39. The predicted octanol–water partition coefficient (Wildman–Crippen LogP) is 2.15. The topological polar surface area (TPSA) is 18.5 Å². The third-order valence-corrected chi connectivity index (χ3v) is 1.53. The average Bonchev–Trinajstić information content (AvgIpc) is 2.06. The molecule has 0 N–H and O–H groups in total. The summed E-state index contributed by atoms with van der Waals surface area (Å²) < 4.78 is 46.0. The van der Waals surface area contributed by atoms with Gasteiger partial charge in [0.05, 0.1) is 0 Å². The molecule has 0 aliphatic carbocycles. The van der Waals surface area contributed by atoms with Crippen molar-refractivity contribution >= 4 is 0 Å². The fourth-order valence-corrected chi connectivity index (χ4v) is 0.950. The summed E-state index contributed by atoms with van der Waals surface area (Å²) in [6.45, 7) is 0. The Morgan fingerprint density at radius 1 is 1.38 bits per heavy atom. The highest BCUT2D eigenvalue weighted by Gasteiger charge is 2.49. The van der Waals surface area contributed by atoms with Crippen molar-refractivity contribution in [3.05, 3.63) is 24.3 Å². The number of rotatable bonds is 0. The molecular weight excluding hydrogens is 185 g/mol. The fourth-order valence-electron chi connectivity index (χ4n) is 0.950. The Morgan fingerprint density at radius 3 is 2.92 bits per heavy atom. The number of hydrogen-bond donors (Lipinski definition) is 0. The van der Waals surface area contributed by atoms with E-state index in [1.807, 2.05) is 0 Å². The van der Waals surface area contributed by atoms with Crippen LogP contribution in [0.4, 0.5) is 13.2 Å². The minimum Gasteiger partial charge on any atom is -0.447 e. The molecule has 0 saturated heterocycles. The Bertz CT molecular complexity index is 327. The van der Waals surface area contributed by atoms with Crippen LogP contribution in [0.5, 0.6) is 11.5 Å². The van der Waals surface area contributed by atoms with Crippen molar-refractivity contribution in [2.24, 2.45) is 0 Å². The highest BCUT2D eigenvalue weighted by molar-refractivity contribution is 5.40. The molecule has 0 amide bonds. The molecule has 0 aromatic heterocycles. The lowest BCUT2D eigenvalue weighted by molar-refractivity contribution is -0.281. The first kappa shape index (κ1) is 8.22. The molecule has 1 radical (unpaired) electrons. The Labute approximate surface area is 71.9 Å². The zero-order chi connectivity index (χ0) is 9.47. The van der Waals surface area contributed by atoms with Crippen LogP contribution >= 0.6 is 0 Å². The van der Waals surface area contributed by atoms with Crippen molar-refractivity contribution in [1.82, 2.24) is 0 Å². The maximum Gasteiger partial charge on any atom is 0.468 e. The van der Waals surface area contributed by atoms with E-state index in [2.05, 4.69) is 15.5 Å². The molecule has 1 aromatic carbocycles. The van der Waals surface area contributed by atoms with E-state index in [0.29, 0.717) is 0 Å². The second-order valence-electron chi connectivity index (χ2n) is 2.47. The zero-order valence-corrected chi connectivity index (χ0v) is 6.26. The van der Waals surface area contributed by atoms with Crippen LogP contribution in [0.1, 0.15) is 0 Å². The van der Waals surface area contributed by atoms with Crippen LogP contribution in [0.15, 0.2) is 18.2 Å². The van der Waals surface area contributed by atoms with Gasteiger partial charge in [-0.1, -0.05) is 6.07 Å². The standard InChI is InChI=1S/C8H4F3O2/c9-7-8(10,11)13-6-4-2-1-3-5(6)12-7/h2-4,7H. The molecule has 2 rings (SSSR count). The third kappa shape index (κ3) is 1.30. The summed E-state index contributed by atoms with van der Waals surface area (Å²) in [5, 5.41) is 0. The van der Waals surface area contributed by atoms with E-state index in [-0.39, 0.29) is 11.5 Å². The molecule has 1 aliphatic heterocycles. The summed E-state index contributed by atoms with van der Waals surface area (Å²) in [7, 11) is 0. The molecule has 13 heavy (non-hydrogen) atoms. The lowest BCUT2D eigenvalue weighted by atomic mass is 10.3. The molecule has 1 aromatic rings. The van der Waals surface area contributed by atoms with Gasteiger partial charge in [0.25, 0.3) is 0 Å². The average molecular weight is 189 g/mol. The van der Waals surface area contributed by atoms with E-state index in [1.165, 1.54) is 18.2 Å². The summed E-state index contributed by atoms with van der Waals surface area (Å²) in [4.78, 5) is 0. The maximum atomic E-state index is 12.5. The van der Waals surface area contributed by atoms with Gasteiger partial charge in [-0.3, -0.25) is 0 Å². The maximum absolute atomic E-state index is 12.5. The first-order valence-electron chi connectivity index (χ1n) is 3.47. The van der Waals surface area contributed by atoms with E-state index >= 15 is 0 Å². The lowest BCUT2D eigenvalue weighted by Gasteiger charge is -2.27. The predicted molar refractivity (Wildman–Crippen MR) is 36.4 cm³/mol. The van der Waals surface area contributed by atoms with Gasteiger partial charge in [-0.15, -0.1) is 0 Å². The Morgan fingerprint density at radius 2 is 2.15 bits per heavy atom. The number of fused-ring (bicyclic) bond motifs is 1. The highest BCUT2D eigenvalue weighted by atomic mass is 19.3. The van der Waals surface area contributed by atoms with Gasteiger partial charge in [0.1, 0.15) is 0 Å². The number of alkyl halides is 3. The van der Waals surface area contributed by atoms with Gasteiger partial charge in [0.2, 0.25) is 0 Å². The number of halogens is 3. The van der Waals surface area contributed by atoms with Crippen LogP contribution in [0.25, 0.3) is 0 Å². The second-order valence-corrected chi connectivity index (χ2v) is 2.47. The van der Waals surface area contributed by atoms with E-state index in [4.69, 9.17) is 0 Å². The van der Waals surface area contributed by atoms with Crippen molar-refractivity contribution in [2.45, 2.75) is 12.5 Å². The molecule has 0 spiro atoms. The lowest BCUT2D eigenvalue weighted by Crippen LogP contribution is -2.43. The first-order valence-corrected chi connectivity index (χ1v) is 3.47. The summed E-state index contributed by atoms with van der Waals surface area (Å²) in [5.74, 6) is -0.251. The summed E-state index contributed by atoms with van der Waals surface area (Å²) >= 11 is 0. The van der Waals surface area contributed by atoms with Gasteiger partial charge in [-0.2, -0.15) is 13.2 Å². The molecule has 1 unspecified atom stereocenters. The molecule has 0 saturated carbocycles. The highest BCUT2D eigenvalue weighted by Crippen LogP contribution is 2.39. The Balaban J connectivity index is 2.39. The SMILES string of the molecule is FC1Oc2c[c]ccc2OC1(F)F. The van der Waals surface area contributed by atoms with Gasteiger partial charge < -0.3 is 9.47 Å². The molecule has 0 bridgehead atoms. The van der Waals surface area contributed by atoms with E-state index < -0.39 is 12.5 Å². The van der Waals surface area contributed by atoms with Gasteiger partial charge in [0, 0.05) is 0 Å². The van der Waals surface area contributed by atoms with Crippen molar-refractivity contribution < 1.29 is 22.6 Å². The van der Waals surface area contributed by atoms with Crippen LogP contribution < -0.4 is 9.47 Å². The number of ether oxygens (including phenoxy) is 2. The molecule has 1 heterocycles. The van der Waals surface area contributed by atoms with Crippen molar-refractivity contribution in [1.29, 1.82) is 0 Å². The van der Waals surface area contributed by atoms with Crippen molar-refractivity contribution in [2.75, 3.05) is 0 Å². The molecule has 2 nitrogen and oxygen atoms in total. The van der Waals surface area contributed by atoms with Crippen molar-refractivity contribution in [3.63, 3.8) is 0 Å². The molecule has 5 heteroatoms. The van der Waals surface area contributed by atoms with Gasteiger partial charge in [-0.05, 0) is 18.2 Å². The fraction of sp³-hybridized carbons (Fsp3) is 0.250. The van der Waals surface area contributed by atoms with Crippen LogP contribution in [-0.4, -0.2) is 12.5 Å². The normalized spacial score (nSPS) is 24.1. The first-order chi connectivity index (χ1) is 6.09. The summed E-state index contributed by atoms with van der Waals surface area (Å²) in [5.41, 5.74) is 0. The minimum atomic E-state index is -3.92. The molecular formula is C8H4F3O2. The Kier molecular flexibility index (Phi) is 1.61. The molecule has 69 valence electrons. The smallest absolute Gasteiger partial charge is 0.447 e. The molecule has 0 fully saturated rings. The second kappa shape index (κ2) is 2.55. The molecule has 1 aliphatic rings. The van der Waals surface area contributed by atoms with Gasteiger partial charge >= 0.3 is 12.5 Å². The number of benzene rings is 1. The monoisotopic (exact) mass is 189 g/mol. The van der Waals surface area contributed by atoms with Crippen LogP contribution in [0.3, 0.4) is 0 Å². The van der Waals surface area contributed by atoms with Crippen LogP contribution in [-0.2, 0) is 0 Å². The minimum absolute atomic E-state index is 0.0686. The number of hydrogen-bond acceptors (Lipinski definition) is 2. The largest absolute Gasteiger partial charge is 0.468 e. The zero-order valence-electron chi connectivity index (χ0n) is 6.26.